The van der Waals surface area contributed by atoms with E-state index in [0.29, 0.717) is 11.1 Å². The normalized spacial score (nSPS) is 12.9. The fourth-order valence-corrected chi connectivity index (χ4v) is 5.01. The van der Waals surface area contributed by atoms with Crippen molar-refractivity contribution in [1.82, 2.24) is 0 Å². The fraction of sp³-hybridized carbons (Fsp3) is 0.385. The topological polar surface area (TPSA) is 72.8 Å². The van der Waals surface area contributed by atoms with Gasteiger partial charge in [0, 0.05) is 0 Å². The molecule has 0 aromatic heterocycles. The largest absolute Gasteiger partial charge is 0.464 e. The van der Waals surface area contributed by atoms with E-state index in [1.165, 1.54) is 13.2 Å². The second-order valence-electron chi connectivity index (χ2n) is 8.68. The van der Waals surface area contributed by atoms with Crippen molar-refractivity contribution in [1.29, 1.82) is 0 Å². The van der Waals surface area contributed by atoms with Gasteiger partial charge in [0.25, 0.3) is 10.0 Å². The number of carbonyl (C=O) groups excluding carboxylic acids is 1. The molecule has 0 saturated carbocycles. The van der Waals surface area contributed by atoms with Gasteiger partial charge in [-0.3, -0.25) is 0 Å². The third-order valence-electron chi connectivity index (χ3n) is 5.18. The number of hydrogen-bond acceptors (Lipinski definition) is 4. The van der Waals surface area contributed by atoms with E-state index in [4.69, 9.17) is 4.74 Å². The molecule has 5 nitrogen and oxygen atoms in total. The van der Waals surface area contributed by atoms with E-state index in [-0.39, 0.29) is 28.4 Å². The van der Waals surface area contributed by atoms with Gasteiger partial charge in [-0.25, -0.2) is 4.79 Å². The monoisotopic (exact) mass is 455 g/mol. The minimum atomic E-state index is -4.18. The minimum Gasteiger partial charge on any atom is -0.464 e. The summed E-state index contributed by atoms with van der Waals surface area (Å²) in [6, 6.07) is 13.2. The van der Waals surface area contributed by atoms with Crippen molar-refractivity contribution in [3.63, 3.8) is 0 Å². The van der Waals surface area contributed by atoms with E-state index >= 15 is 0 Å². The first-order valence-electron chi connectivity index (χ1n) is 10.8. The second-order valence-corrected chi connectivity index (χ2v) is 10.2. The number of ether oxygens (including phenoxy) is 1. The third kappa shape index (κ3) is 6.16. The van der Waals surface area contributed by atoms with Crippen LogP contribution in [-0.4, -0.2) is 27.2 Å². The SMILES string of the molecule is COC(=O)C(/C=C/c1ccccc1)=N/S(=O)(=O)c1c(C(C)C)cc(C(C)C)cc1C(C)C. The number of hydrogen-bond donors (Lipinski definition) is 0. The van der Waals surface area contributed by atoms with Crippen molar-refractivity contribution in [2.45, 2.75) is 64.2 Å². The minimum absolute atomic E-state index is 0.0346. The Hall–Kier alpha value is -2.73. The number of rotatable bonds is 8. The molecular weight excluding hydrogens is 422 g/mol. The molecule has 0 fully saturated rings. The molecule has 32 heavy (non-hydrogen) atoms. The van der Waals surface area contributed by atoms with Gasteiger partial charge in [0.05, 0.1) is 12.0 Å². The van der Waals surface area contributed by atoms with Gasteiger partial charge >= 0.3 is 5.97 Å². The van der Waals surface area contributed by atoms with Crippen LogP contribution in [0.5, 0.6) is 0 Å². The summed E-state index contributed by atoms with van der Waals surface area (Å²) in [6.07, 6.45) is 3.02. The van der Waals surface area contributed by atoms with Crippen molar-refractivity contribution in [2.75, 3.05) is 7.11 Å². The molecule has 0 bridgehead atoms. The van der Waals surface area contributed by atoms with Crippen molar-refractivity contribution < 1.29 is 17.9 Å². The highest BCUT2D eigenvalue weighted by Crippen LogP contribution is 2.36. The average Bonchev–Trinajstić information content (AvgIpc) is 2.75. The number of benzene rings is 2. The van der Waals surface area contributed by atoms with Gasteiger partial charge < -0.3 is 4.74 Å². The van der Waals surface area contributed by atoms with Crippen molar-refractivity contribution in [2.24, 2.45) is 4.40 Å². The Morgan fingerprint density at radius 3 is 1.88 bits per heavy atom. The van der Waals surface area contributed by atoms with Gasteiger partial charge in [0.2, 0.25) is 0 Å². The Bertz CT molecular complexity index is 1080. The van der Waals surface area contributed by atoms with Crippen LogP contribution in [0.25, 0.3) is 6.08 Å². The van der Waals surface area contributed by atoms with E-state index in [0.717, 1.165) is 11.1 Å². The number of methoxy groups -OCH3 is 1. The van der Waals surface area contributed by atoms with E-state index in [1.807, 2.05) is 70.2 Å². The zero-order chi connectivity index (χ0) is 24.1. The molecule has 0 saturated heterocycles. The van der Waals surface area contributed by atoms with Gasteiger partial charge in [0.15, 0.2) is 5.71 Å². The van der Waals surface area contributed by atoms with Gasteiger partial charge in [0.1, 0.15) is 0 Å². The van der Waals surface area contributed by atoms with Crippen LogP contribution in [-0.2, 0) is 19.6 Å². The second kappa shape index (κ2) is 10.7. The summed E-state index contributed by atoms with van der Waals surface area (Å²) in [5.74, 6) is -0.623. The molecule has 2 rings (SSSR count). The molecular formula is C26H33NO4S. The summed E-state index contributed by atoms with van der Waals surface area (Å²) in [5.41, 5.74) is 3.04. The van der Waals surface area contributed by atoms with Gasteiger partial charge in [-0.05, 0) is 46.1 Å². The Morgan fingerprint density at radius 2 is 1.44 bits per heavy atom. The predicted molar refractivity (Wildman–Crippen MR) is 131 cm³/mol. The fourth-order valence-electron chi connectivity index (χ4n) is 3.34. The zero-order valence-corrected chi connectivity index (χ0v) is 20.7. The van der Waals surface area contributed by atoms with Gasteiger partial charge in [-0.15, -0.1) is 0 Å². The Morgan fingerprint density at radius 1 is 0.906 bits per heavy atom. The van der Waals surface area contributed by atoms with Crippen LogP contribution in [0.4, 0.5) is 0 Å². The van der Waals surface area contributed by atoms with Crippen LogP contribution in [0.15, 0.2) is 57.8 Å². The van der Waals surface area contributed by atoms with Crippen LogP contribution in [0, 0.1) is 0 Å². The number of esters is 1. The average molecular weight is 456 g/mol. The lowest BCUT2D eigenvalue weighted by Gasteiger charge is -2.21. The molecule has 6 heteroatoms. The van der Waals surface area contributed by atoms with E-state index < -0.39 is 16.0 Å². The Labute approximate surface area is 192 Å². The predicted octanol–water partition coefficient (Wildman–Crippen LogP) is 6.07. The van der Waals surface area contributed by atoms with Crippen molar-refractivity contribution in [3.05, 3.63) is 70.8 Å². The highest BCUT2D eigenvalue weighted by atomic mass is 32.2. The summed E-state index contributed by atoms with van der Waals surface area (Å²) in [6.45, 7) is 12.0. The first-order chi connectivity index (χ1) is 15.0. The van der Waals surface area contributed by atoms with E-state index in [9.17, 15) is 13.2 Å². The maximum Gasteiger partial charge on any atom is 0.357 e. The Kier molecular flexibility index (Phi) is 8.56. The van der Waals surface area contributed by atoms with Crippen molar-refractivity contribution in [3.8, 4) is 0 Å². The zero-order valence-electron chi connectivity index (χ0n) is 19.9. The number of sulfonamides is 1. The van der Waals surface area contributed by atoms with Crippen LogP contribution < -0.4 is 0 Å². The third-order valence-corrected chi connectivity index (χ3v) is 6.61. The molecule has 0 unspecified atom stereocenters. The van der Waals surface area contributed by atoms with E-state index in [1.54, 1.807) is 6.08 Å². The lowest BCUT2D eigenvalue weighted by Crippen LogP contribution is -2.18. The summed E-state index contributed by atoms with van der Waals surface area (Å²) in [5, 5.41) is 0. The molecule has 0 aliphatic carbocycles. The van der Waals surface area contributed by atoms with E-state index in [2.05, 4.69) is 18.2 Å². The van der Waals surface area contributed by atoms with Gasteiger partial charge in [-0.2, -0.15) is 12.8 Å². The summed E-state index contributed by atoms with van der Waals surface area (Å²) < 4.78 is 35.9. The first kappa shape index (κ1) is 25.5. The molecule has 0 aliphatic rings. The molecule has 2 aromatic carbocycles. The summed E-state index contributed by atoms with van der Waals surface area (Å²) >= 11 is 0. The summed E-state index contributed by atoms with van der Waals surface area (Å²) in [4.78, 5) is 12.5. The molecule has 0 amide bonds. The van der Waals surface area contributed by atoms with Crippen LogP contribution in [0.1, 0.15) is 81.5 Å². The first-order valence-corrected chi connectivity index (χ1v) is 12.3. The van der Waals surface area contributed by atoms with Crippen molar-refractivity contribution >= 4 is 27.8 Å². The number of nitrogens with zero attached hydrogens (tertiary/aromatic N) is 1. The molecule has 0 spiro atoms. The molecule has 0 heterocycles. The molecule has 0 aliphatic heterocycles. The highest BCUT2D eigenvalue weighted by molar-refractivity contribution is 7.90. The molecule has 0 radical (unpaired) electrons. The molecule has 0 N–H and O–H groups in total. The molecule has 2 aromatic rings. The summed E-state index contributed by atoms with van der Waals surface area (Å²) in [7, 11) is -2.97. The molecule has 172 valence electrons. The quantitative estimate of drug-likeness (QED) is 0.357. The smallest absolute Gasteiger partial charge is 0.357 e. The maximum absolute atomic E-state index is 13.6. The van der Waals surface area contributed by atoms with Gasteiger partial charge in [-0.1, -0.05) is 90.1 Å². The lowest BCUT2D eigenvalue weighted by atomic mass is 9.89. The molecule has 0 atom stereocenters. The van der Waals surface area contributed by atoms with Crippen LogP contribution in [0.3, 0.4) is 0 Å². The number of carbonyl (C=O) groups is 1. The van der Waals surface area contributed by atoms with Crippen LogP contribution in [0.2, 0.25) is 0 Å². The standard InChI is InChI=1S/C26H33NO4S/c1-17(2)21-15-22(18(3)4)25(23(16-21)19(5)6)32(29,30)27-24(26(28)31-7)14-13-20-11-9-8-10-12-20/h8-19H,1-7H3/b14-13+,27-24+. The Balaban J connectivity index is 2.74. The maximum atomic E-state index is 13.6. The van der Waals surface area contributed by atoms with Crippen LogP contribution >= 0.6 is 0 Å². The lowest BCUT2D eigenvalue weighted by molar-refractivity contribution is -0.132. The highest BCUT2D eigenvalue weighted by Gasteiger charge is 2.28.